The van der Waals surface area contributed by atoms with E-state index in [-0.39, 0.29) is 12.0 Å². The highest BCUT2D eigenvalue weighted by molar-refractivity contribution is 6.33. The molecule has 1 atom stereocenters. The molecule has 1 fully saturated rings. The van der Waals surface area contributed by atoms with Crippen molar-refractivity contribution in [3.63, 3.8) is 0 Å². The number of aromatic nitrogens is 3. The van der Waals surface area contributed by atoms with Crippen LogP contribution in [-0.2, 0) is 9.53 Å². The molecule has 0 spiro atoms. The first-order valence-electron chi connectivity index (χ1n) is 7.65. The minimum atomic E-state index is -0.359. The Morgan fingerprint density at radius 3 is 3.00 bits per heavy atom. The van der Waals surface area contributed by atoms with Gasteiger partial charge in [-0.15, -0.1) is 0 Å². The van der Waals surface area contributed by atoms with Gasteiger partial charge in [-0.2, -0.15) is 0 Å². The largest absolute Gasteiger partial charge is 0.368 e. The van der Waals surface area contributed by atoms with Crippen LogP contribution in [0.2, 0.25) is 5.02 Å². The highest BCUT2D eigenvalue weighted by Gasteiger charge is 2.26. The fourth-order valence-corrected chi connectivity index (χ4v) is 2.79. The summed E-state index contributed by atoms with van der Waals surface area (Å²) in [4.78, 5) is 24.0. The number of halogens is 1. The number of aryl methyl sites for hydroxylation is 1. The van der Waals surface area contributed by atoms with Crippen LogP contribution in [0.4, 0.5) is 5.69 Å². The number of ether oxygens (including phenoxy) is 1. The van der Waals surface area contributed by atoms with E-state index in [4.69, 9.17) is 16.3 Å². The van der Waals surface area contributed by atoms with Gasteiger partial charge in [0.2, 0.25) is 0 Å². The molecule has 0 radical (unpaired) electrons. The van der Waals surface area contributed by atoms with Gasteiger partial charge in [0.1, 0.15) is 11.9 Å². The number of rotatable bonds is 3. The monoisotopic (exact) mass is 342 g/mol. The number of H-pyrrole nitrogens is 1. The number of amides is 1. The SMILES string of the molecule is Cc1cnc2nc(-c3cc(NC(=O)C4CCO4)ccc3Cl)[nH]c2c1. The van der Waals surface area contributed by atoms with Gasteiger partial charge < -0.3 is 15.0 Å². The Kier molecular flexibility index (Phi) is 3.70. The first-order chi connectivity index (χ1) is 11.6. The Balaban J connectivity index is 1.67. The molecule has 0 aliphatic carbocycles. The second-order valence-electron chi connectivity index (χ2n) is 5.80. The Bertz CT molecular complexity index is 933. The van der Waals surface area contributed by atoms with Gasteiger partial charge >= 0.3 is 0 Å². The molecule has 1 saturated heterocycles. The average molecular weight is 343 g/mol. The minimum Gasteiger partial charge on any atom is -0.368 e. The van der Waals surface area contributed by atoms with E-state index in [0.29, 0.717) is 34.4 Å². The molecule has 6 nitrogen and oxygen atoms in total. The summed E-state index contributed by atoms with van der Waals surface area (Å²) in [6.07, 6.45) is 2.16. The predicted octanol–water partition coefficient (Wildman–Crippen LogP) is 3.31. The van der Waals surface area contributed by atoms with Crippen LogP contribution >= 0.6 is 11.6 Å². The Morgan fingerprint density at radius 2 is 2.25 bits per heavy atom. The second kappa shape index (κ2) is 5.89. The van der Waals surface area contributed by atoms with Crippen LogP contribution in [0.3, 0.4) is 0 Å². The van der Waals surface area contributed by atoms with E-state index in [0.717, 1.165) is 17.5 Å². The number of anilines is 1. The molecular weight excluding hydrogens is 328 g/mol. The Hall–Kier alpha value is -2.44. The minimum absolute atomic E-state index is 0.142. The van der Waals surface area contributed by atoms with Gasteiger partial charge in [0.05, 0.1) is 17.1 Å². The fourth-order valence-electron chi connectivity index (χ4n) is 2.58. The molecule has 24 heavy (non-hydrogen) atoms. The maximum Gasteiger partial charge on any atom is 0.253 e. The van der Waals surface area contributed by atoms with E-state index >= 15 is 0 Å². The summed E-state index contributed by atoms with van der Waals surface area (Å²) < 4.78 is 5.19. The number of nitrogens with one attached hydrogen (secondary N) is 2. The van der Waals surface area contributed by atoms with E-state index in [1.54, 1.807) is 24.4 Å². The number of imidazole rings is 1. The fraction of sp³-hybridized carbons (Fsp3) is 0.235. The quantitative estimate of drug-likeness (QED) is 0.765. The molecule has 7 heteroatoms. The predicted molar refractivity (Wildman–Crippen MR) is 92.1 cm³/mol. The third-order valence-corrected chi connectivity index (χ3v) is 4.28. The van der Waals surface area contributed by atoms with Crippen LogP contribution in [0.15, 0.2) is 30.5 Å². The van der Waals surface area contributed by atoms with E-state index < -0.39 is 0 Å². The highest BCUT2D eigenvalue weighted by atomic mass is 35.5. The molecule has 1 aliphatic heterocycles. The van der Waals surface area contributed by atoms with Gasteiger partial charge in [0.15, 0.2) is 5.65 Å². The van der Waals surface area contributed by atoms with Crippen LogP contribution in [0.5, 0.6) is 0 Å². The van der Waals surface area contributed by atoms with Gasteiger partial charge in [-0.3, -0.25) is 4.79 Å². The highest BCUT2D eigenvalue weighted by Crippen LogP contribution is 2.30. The summed E-state index contributed by atoms with van der Waals surface area (Å²) in [5.41, 5.74) is 3.88. The normalized spacial score (nSPS) is 16.8. The third kappa shape index (κ3) is 2.74. The van der Waals surface area contributed by atoms with Crippen LogP contribution in [0.1, 0.15) is 12.0 Å². The molecule has 4 rings (SSSR count). The van der Waals surface area contributed by atoms with Crippen molar-refractivity contribution in [3.8, 4) is 11.4 Å². The van der Waals surface area contributed by atoms with Gasteiger partial charge in [-0.05, 0) is 36.8 Å². The van der Waals surface area contributed by atoms with E-state index in [1.807, 2.05) is 13.0 Å². The van der Waals surface area contributed by atoms with Gasteiger partial charge in [0.25, 0.3) is 5.91 Å². The molecule has 122 valence electrons. The molecule has 1 aromatic carbocycles. The molecule has 2 N–H and O–H groups in total. The topological polar surface area (TPSA) is 79.9 Å². The van der Waals surface area contributed by atoms with Crippen molar-refractivity contribution in [2.75, 3.05) is 11.9 Å². The van der Waals surface area contributed by atoms with Crippen molar-refractivity contribution in [2.24, 2.45) is 0 Å². The van der Waals surface area contributed by atoms with E-state index in [1.165, 1.54) is 0 Å². The molecule has 2 aromatic heterocycles. The molecule has 0 saturated carbocycles. The number of carbonyl (C=O) groups is 1. The maximum atomic E-state index is 12.0. The van der Waals surface area contributed by atoms with Crippen LogP contribution in [-0.4, -0.2) is 33.6 Å². The van der Waals surface area contributed by atoms with Gasteiger partial charge in [0, 0.05) is 23.9 Å². The van der Waals surface area contributed by atoms with Crippen LogP contribution in [0, 0.1) is 6.92 Å². The smallest absolute Gasteiger partial charge is 0.253 e. The number of aromatic amines is 1. The summed E-state index contributed by atoms with van der Waals surface area (Å²) in [6, 6.07) is 7.27. The first-order valence-corrected chi connectivity index (χ1v) is 8.03. The van der Waals surface area contributed by atoms with E-state index in [9.17, 15) is 4.79 Å². The standard InChI is InChI=1S/C17H15ClN4O2/c1-9-6-13-16(19-8-9)22-15(21-13)11-7-10(2-3-12(11)18)20-17(23)14-4-5-24-14/h2-3,6-8,14H,4-5H2,1H3,(H,20,23)(H,19,21,22). The number of nitrogens with zero attached hydrogens (tertiary/aromatic N) is 2. The Labute approximate surface area is 143 Å². The molecule has 3 heterocycles. The molecular formula is C17H15ClN4O2. The molecule has 1 amide bonds. The average Bonchev–Trinajstić information content (AvgIpc) is 2.90. The number of hydrogen-bond donors (Lipinski definition) is 2. The summed E-state index contributed by atoms with van der Waals surface area (Å²) in [7, 11) is 0. The first kappa shape index (κ1) is 15.1. The van der Waals surface area contributed by atoms with Crippen LogP contribution in [0.25, 0.3) is 22.6 Å². The van der Waals surface area contributed by atoms with Gasteiger partial charge in [-0.25, -0.2) is 9.97 Å². The maximum absolute atomic E-state index is 12.0. The summed E-state index contributed by atoms with van der Waals surface area (Å²) >= 11 is 6.31. The summed E-state index contributed by atoms with van der Waals surface area (Å²) in [5.74, 6) is 0.473. The Morgan fingerprint density at radius 1 is 1.42 bits per heavy atom. The number of carbonyl (C=O) groups excluding carboxylic acids is 1. The van der Waals surface area contributed by atoms with Crippen molar-refractivity contribution in [1.82, 2.24) is 15.0 Å². The zero-order valence-corrected chi connectivity index (χ0v) is 13.7. The molecule has 3 aromatic rings. The summed E-state index contributed by atoms with van der Waals surface area (Å²) in [5, 5.41) is 3.39. The zero-order chi connectivity index (χ0) is 16.7. The lowest BCUT2D eigenvalue weighted by Gasteiger charge is -2.25. The molecule has 1 aliphatic rings. The number of pyridine rings is 1. The lowest BCUT2D eigenvalue weighted by Crippen LogP contribution is -2.38. The lowest BCUT2D eigenvalue weighted by atomic mass is 10.1. The zero-order valence-electron chi connectivity index (χ0n) is 13.0. The third-order valence-electron chi connectivity index (χ3n) is 3.95. The van der Waals surface area contributed by atoms with Gasteiger partial charge in [-0.1, -0.05) is 11.6 Å². The number of hydrogen-bond acceptors (Lipinski definition) is 4. The second-order valence-corrected chi connectivity index (χ2v) is 6.21. The van der Waals surface area contributed by atoms with Crippen molar-refractivity contribution in [3.05, 3.63) is 41.0 Å². The lowest BCUT2D eigenvalue weighted by molar-refractivity contribution is -0.139. The molecule has 1 unspecified atom stereocenters. The van der Waals surface area contributed by atoms with Crippen LogP contribution < -0.4 is 5.32 Å². The van der Waals surface area contributed by atoms with Crippen molar-refractivity contribution >= 4 is 34.4 Å². The van der Waals surface area contributed by atoms with Crippen molar-refractivity contribution in [2.45, 2.75) is 19.4 Å². The van der Waals surface area contributed by atoms with Crippen molar-refractivity contribution in [1.29, 1.82) is 0 Å². The summed E-state index contributed by atoms with van der Waals surface area (Å²) in [6.45, 7) is 2.61. The molecule has 0 bridgehead atoms. The number of fused-ring (bicyclic) bond motifs is 1. The number of benzene rings is 1. The van der Waals surface area contributed by atoms with Crippen molar-refractivity contribution < 1.29 is 9.53 Å². The van der Waals surface area contributed by atoms with E-state index in [2.05, 4.69) is 20.3 Å².